The zero-order valence-corrected chi connectivity index (χ0v) is 23.6. The van der Waals surface area contributed by atoms with Crippen LogP contribution in [-0.2, 0) is 19.1 Å². The van der Waals surface area contributed by atoms with Crippen LogP contribution in [0.4, 0.5) is 0 Å². The van der Waals surface area contributed by atoms with E-state index in [1.165, 1.54) is 0 Å². The fourth-order valence-corrected chi connectivity index (χ4v) is 6.51. The minimum absolute atomic E-state index is 0.0577. The maximum atomic E-state index is 13.5. The van der Waals surface area contributed by atoms with Gasteiger partial charge in [0.25, 0.3) is 0 Å². The minimum atomic E-state index is -1.23. The number of ketones is 1. The van der Waals surface area contributed by atoms with Crippen LogP contribution in [0.3, 0.4) is 0 Å². The van der Waals surface area contributed by atoms with Gasteiger partial charge >= 0.3 is 5.97 Å². The number of thiazole rings is 1. The molecule has 2 saturated heterocycles. The number of carbonyl (C=O) groups excluding carboxylic acids is 2. The zero-order chi connectivity index (χ0) is 27.1. The van der Waals surface area contributed by atoms with Gasteiger partial charge in [-0.2, -0.15) is 0 Å². The van der Waals surface area contributed by atoms with Gasteiger partial charge in [-0.05, 0) is 56.7 Å². The second kappa shape index (κ2) is 10.7. The number of cyclic esters (lactones) is 1. The number of hydrogen-bond donors (Lipinski definition) is 2. The molecule has 4 rings (SSSR count). The molecule has 204 valence electrons. The van der Waals surface area contributed by atoms with Crippen molar-refractivity contribution in [3.8, 4) is 0 Å². The van der Waals surface area contributed by atoms with Crippen LogP contribution < -0.4 is 0 Å². The minimum Gasteiger partial charge on any atom is -0.457 e. The van der Waals surface area contributed by atoms with E-state index in [2.05, 4.69) is 11.9 Å². The predicted molar refractivity (Wildman–Crippen MR) is 143 cm³/mol. The second-order valence-electron chi connectivity index (χ2n) is 11.8. The van der Waals surface area contributed by atoms with Crippen LogP contribution in [0.15, 0.2) is 18.2 Å². The molecule has 3 heterocycles. The Morgan fingerprint density at radius 2 is 1.92 bits per heavy atom. The summed E-state index contributed by atoms with van der Waals surface area (Å²) in [4.78, 5) is 31.2. The molecule has 7 nitrogen and oxygen atoms in total. The van der Waals surface area contributed by atoms with Crippen molar-refractivity contribution in [1.29, 1.82) is 0 Å². The first-order chi connectivity index (χ1) is 17.4. The molecule has 7 atom stereocenters. The quantitative estimate of drug-likeness (QED) is 0.400. The van der Waals surface area contributed by atoms with Gasteiger partial charge in [0.1, 0.15) is 11.9 Å². The van der Waals surface area contributed by atoms with Crippen LogP contribution in [0.5, 0.6) is 0 Å². The summed E-state index contributed by atoms with van der Waals surface area (Å²) in [5.41, 5.74) is 0.197. The van der Waals surface area contributed by atoms with Gasteiger partial charge in [-0.1, -0.05) is 40.2 Å². The number of fused-ring (bicyclic) bond motifs is 2. The fraction of sp³-hybridized carbons (Fsp3) is 0.690. The van der Waals surface area contributed by atoms with Gasteiger partial charge in [-0.15, -0.1) is 11.3 Å². The van der Waals surface area contributed by atoms with Crippen molar-refractivity contribution in [2.24, 2.45) is 17.3 Å². The van der Waals surface area contributed by atoms with Gasteiger partial charge in [0, 0.05) is 12.3 Å². The molecule has 0 radical (unpaired) electrons. The first-order valence-electron chi connectivity index (χ1n) is 13.5. The van der Waals surface area contributed by atoms with Crippen LogP contribution in [-0.4, -0.2) is 50.9 Å². The van der Waals surface area contributed by atoms with Crippen molar-refractivity contribution in [2.75, 3.05) is 0 Å². The number of esters is 1. The highest BCUT2D eigenvalue weighted by Crippen LogP contribution is 2.47. The molecule has 2 aromatic rings. The van der Waals surface area contributed by atoms with E-state index in [1.807, 2.05) is 39.0 Å². The Morgan fingerprint density at radius 1 is 1.19 bits per heavy atom. The number of hydrogen-bond acceptors (Lipinski definition) is 8. The lowest BCUT2D eigenvalue weighted by atomic mass is 9.71. The molecule has 1 aromatic heterocycles. The standard InChI is InChI=1S/C29H41NO6S/c1-7-19-26(33)16(2)9-8-12-29(6)24(36-29)14-21(18-10-11-22-20(13-18)30-17(3)37-22)35-25(32)15-23(31)28(4,5)27(19)34/h10-11,13,16,19,21,23-24,26,31,33H,7-9,12,14-15H2,1-6H3. The third kappa shape index (κ3) is 5.92. The number of aromatic nitrogens is 1. The van der Waals surface area contributed by atoms with Gasteiger partial charge in [-0.3, -0.25) is 9.59 Å². The molecule has 1 aromatic carbocycles. The number of Topliss-reactive ketones (excluding diaryl/α,β-unsaturated/α-hetero) is 1. The summed E-state index contributed by atoms with van der Waals surface area (Å²) in [6, 6.07) is 5.94. The third-order valence-corrected chi connectivity index (χ3v) is 9.51. The summed E-state index contributed by atoms with van der Waals surface area (Å²) in [5, 5.41) is 23.0. The Balaban J connectivity index is 1.62. The average Bonchev–Trinajstić information content (AvgIpc) is 3.30. The monoisotopic (exact) mass is 531 g/mol. The van der Waals surface area contributed by atoms with Crippen LogP contribution in [0.25, 0.3) is 10.2 Å². The summed E-state index contributed by atoms with van der Waals surface area (Å²) >= 11 is 1.62. The topological polar surface area (TPSA) is 109 Å². The first kappa shape index (κ1) is 28.1. The van der Waals surface area contributed by atoms with Gasteiger partial charge in [0.2, 0.25) is 0 Å². The Labute approximate surface area is 223 Å². The third-order valence-electron chi connectivity index (χ3n) is 8.56. The molecule has 2 N–H and O–H groups in total. The van der Waals surface area contributed by atoms with Crippen molar-refractivity contribution in [3.05, 3.63) is 28.8 Å². The van der Waals surface area contributed by atoms with Crippen LogP contribution in [0, 0.1) is 24.2 Å². The number of carbonyl (C=O) groups is 2. The van der Waals surface area contributed by atoms with Crippen molar-refractivity contribution in [3.63, 3.8) is 0 Å². The number of benzene rings is 1. The number of aryl methyl sites for hydroxylation is 1. The van der Waals surface area contributed by atoms with Crippen LogP contribution >= 0.6 is 11.3 Å². The van der Waals surface area contributed by atoms with Crippen molar-refractivity contribution >= 4 is 33.3 Å². The number of nitrogens with zero attached hydrogens (tertiary/aromatic N) is 1. The Hall–Kier alpha value is -1.87. The fourth-order valence-electron chi connectivity index (χ4n) is 5.70. The van der Waals surface area contributed by atoms with E-state index in [1.54, 1.807) is 25.2 Å². The predicted octanol–water partition coefficient (Wildman–Crippen LogP) is 5.29. The van der Waals surface area contributed by atoms with Crippen molar-refractivity contribution in [1.82, 2.24) is 4.98 Å². The highest BCUT2D eigenvalue weighted by Gasteiger charge is 2.53. The van der Waals surface area contributed by atoms with E-state index in [4.69, 9.17) is 9.47 Å². The lowest BCUT2D eigenvalue weighted by Crippen LogP contribution is -2.46. The summed E-state index contributed by atoms with van der Waals surface area (Å²) in [7, 11) is 0. The van der Waals surface area contributed by atoms with E-state index in [-0.39, 0.29) is 29.8 Å². The largest absolute Gasteiger partial charge is 0.457 e. The maximum Gasteiger partial charge on any atom is 0.309 e. The summed E-state index contributed by atoms with van der Waals surface area (Å²) < 4.78 is 13.1. The van der Waals surface area contributed by atoms with Gasteiger partial charge < -0.3 is 19.7 Å². The van der Waals surface area contributed by atoms with E-state index in [0.29, 0.717) is 12.8 Å². The van der Waals surface area contributed by atoms with E-state index >= 15 is 0 Å². The normalized spacial score (nSPS) is 35.7. The molecule has 37 heavy (non-hydrogen) atoms. The zero-order valence-electron chi connectivity index (χ0n) is 22.8. The van der Waals surface area contributed by atoms with Crippen LogP contribution in [0.2, 0.25) is 0 Å². The number of aliphatic hydroxyl groups excluding tert-OH is 2. The molecule has 2 fully saturated rings. The molecule has 2 aliphatic rings. The lowest BCUT2D eigenvalue weighted by molar-refractivity contribution is -0.156. The Morgan fingerprint density at radius 3 is 2.62 bits per heavy atom. The number of epoxide rings is 1. The molecule has 8 heteroatoms. The highest BCUT2D eigenvalue weighted by molar-refractivity contribution is 7.18. The second-order valence-corrected chi connectivity index (χ2v) is 13.0. The number of ether oxygens (including phenoxy) is 2. The van der Waals surface area contributed by atoms with Crippen molar-refractivity contribution < 1.29 is 29.3 Å². The number of aliphatic hydroxyl groups is 2. The van der Waals surface area contributed by atoms with Gasteiger partial charge in [0.05, 0.1) is 51.0 Å². The van der Waals surface area contributed by atoms with E-state index in [9.17, 15) is 19.8 Å². The molecule has 0 amide bonds. The van der Waals surface area contributed by atoms with Gasteiger partial charge in [-0.25, -0.2) is 4.98 Å². The van der Waals surface area contributed by atoms with Crippen molar-refractivity contribution in [2.45, 2.75) is 110 Å². The Bertz CT molecular complexity index is 1140. The molecule has 0 bridgehead atoms. The smallest absolute Gasteiger partial charge is 0.309 e. The Kier molecular flexibility index (Phi) is 8.15. The molecule has 0 saturated carbocycles. The van der Waals surface area contributed by atoms with E-state index in [0.717, 1.165) is 40.1 Å². The first-order valence-corrected chi connectivity index (χ1v) is 14.3. The average molecular weight is 532 g/mol. The summed E-state index contributed by atoms with van der Waals surface area (Å²) in [6.45, 7) is 11.2. The van der Waals surface area contributed by atoms with E-state index < -0.39 is 35.6 Å². The van der Waals surface area contributed by atoms with Crippen LogP contribution in [0.1, 0.15) is 89.8 Å². The molecule has 2 aliphatic heterocycles. The highest BCUT2D eigenvalue weighted by atomic mass is 32.1. The molecular formula is C29H41NO6S. The SMILES string of the molecule is CCC1C(=O)C(C)(C)C(O)CC(=O)OC(c2ccc3sc(C)nc3c2)CC2OC2(C)CCCC(C)C1O. The maximum absolute atomic E-state index is 13.5. The van der Waals surface area contributed by atoms with Gasteiger partial charge in [0.15, 0.2) is 0 Å². The molecule has 0 aliphatic carbocycles. The number of rotatable bonds is 2. The summed E-state index contributed by atoms with van der Waals surface area (Å²) in [6.07, 6.45) is 0.484. The summed E-state index contributed by atoms with van der Waals surface area (Å²) in [5.74, 6) is -1.46. The molecule has 0 spiro atoms. The molecule has 7 unspecified atom stereocenters. The molecular weight excluding hydrogens is 490 g/mol. The lowest BCUT2D eigenvalue weighted by Gasteiger charge is -2.35.